The molecule has 2 aromatic heterocycles. The van der Waals surface area contributed by atoms with Crippen molar-refractivity contribution in [1.29, 1.82) is 0 Å². The minimum Gasteiger partial charge on any atom is -0.455 e. The molecule has 10 aromatic carbocycles. The molecule has 0 radical (unpaired) electrons. The second-order valence-electron chi connectivity index (χ2n) is 18.7. The zero-order chi connectivity index (χ0) is 46.1. The van der Waals surface area contributed by atoms with Gasteiger partial charge in [0.15, 0.2) is 0 Å². The first-order valence-corrected chi connectivity index (χ1v) is 24.0. The van der Waals surface area contributed by atoms with Gasteiger partial charge in [0.05, 0.1) is 11.2 Å². The topological polar surface area (TPSA) is 44.7 Å². The molecular formula is C62H46BBrO4. The fourth-order valence-electron chi connectivity index (χ4n) is 10.00. The van der Waals surface area contributed by atoms with Gasteiger partial charge in [0.25, 0.3) is 0 Å². The number of hydrogen-bond acceptors (Lipinski definition) is 4. The first kappa shape index (κ1) is 42.2. The number of furan rings is 2. The van der Waals surface area contributed by atoms with Gasteiger partial charge >= 0.3 is 7.12 Å². The molecule has 0 N–H and O–H groups in total. The molecule has 0 atom stereocenters. The Morgan fingerprint density at radius 3 is 1.06 bits per heavy atom. The van der Waals surface area contributed by atoms with E-state index in [4.69, 9.17) is 18.1 Å². The van der Waals surface area contributed by atoms with E-state index in [0.29, 0.717) is 0 Å². The summed E-state index contributed by atoms with van der Waals surface area (Å²) < 4.78 is 27.1. The van der Waals surface area contributed by atoms with Crippen molar-refractivity contribution in [3.63, 3.8) is 0 Å². The average molecular weight is 946 g/mol. The van der Waals surface area contributed by atoms with Crippen molar-refractivity contribution in [2.24, 2.45) is 0 Å². The molecule has 1 aliphatic rings. The lowest BCUT2D eigenvalue weighted by molar-refractivity contribution is 0.00578. The molecule has 1 saturated heterocycles. The van der Waals surface area contributed by atoms with Crippen molar-refractivity contribution in [1.82, 2.24) is 0 Å². The Morgan fingerprint density at radius 2 is 0.662 bits per heavy atom. The highest BCUT2D eigenvalue weighted by molar-refractivity contribution is 9.10. The lowest BCUT2D eigenvalue weighted by Crippen LogP contribution is -2.41. The molecule has 0 unspecified atom stereocenters. The van der Waals surface area contributed by atoms with Crippen LogP contribution in [0, 0.1) is 0 Å². The van der Waals surface area contributed by atoms with Gasteiger partial charge in [-0.25, -0.2) is 0 Å². The fourth-order valence-corrected chi connectivity index (χ4v) is 10.3. The summed E-state index contributed by atoms with van der Waals surface area (Å²) in [5.74, 6) is 1.78. The summed E-state index contributed by atoms with van der Waals surface area (Å²) in [6.45, 7) is 8.32. The van der Waals surface area contributed by atoms with E-state index in [1.807, 2.05) is 0 Å². The molecule has 68 heavy (non-hydrogen) atoms. The summed E-state index contributed by atoms with van der Waals surface area (Å²) >= 11 is 3.55. The summed E-state index contributed by atoms with van der Waals surface area (Å²) in [4.78, 5) is 0. The molecule has 0 saturated carbocycles. The largest absolute Gasteiger partial charge is 0.494 e. The normalized spacial score (nSPS) is 14.3. The highest BCUT2D eigenvalue weighted by Gasteiger charge is 2.51. The predicted molar refractivity (Wildman–Crippen MR) is 288 cm³/mol. The highest BCUT2D eigenvalue weighted by atomic mass is 79.9. The first-order valence-electron chi connectivity index (χ1n) is 23.2. The molecule has 3 heterocycles. The Labute approximate surface area is 404 Å². The molecule has 1 fully saturated rings. The van der Waals surface area contributed by atoms with Gasteiger partial charge in [-0.2, -0.15) is 0 Å². The summed E-state index contributed by atoms with van der Waals surface area (Å²) in [5.41, 5.74) is 8.77. The smallest absolute Gasteiger partial charge is 0.455 e. The monoisotopic (exact) mass is 944 g/mol. The average Bonchev–Trinajstić information content (AvgIpc) is 4.05. The molecule has 4 nitrogen and oxygen atoms in total. The van der Waals surface area contributed by atoms with Gasteiger partial charge in [-0.05, 0) is 88.7 Å². The number of fused-ring (bicyclic) bond motifs is 12. The van der Waals surface area contributed by atoms with Gasteiger partial charge in [-0.15, -0.1) is 0 Å². The Kier molecular flexibility index (Phi) is 10.3. The van der Waals surface area contributed by atoms with Gasteiger partial charge in [0.1, 0.15) is 22.7 Å². The van der Waals surface area contributed by atoms with Crippen LogP contribution < -0.4 is 5.46 Å². The van der Waals surface area contributed by atoms with E-state index in [9.17, 15) is 0 Å². The van der Waals surface area contributed by atoms with Crippen LogP contribution in [0.3, 0.4) is 0 Å². The van der Waals surface area contributed by atoms with Gasteiger partial charge in [-0.1, -0.05) is 210 Å². The van der Waals surface area contributed by atoms with Crippen molar-refractivity contribution in [2.45, 2.75) is 38.9 Å². The van der Waals surface area contributed by atoms with Crippen LogP contribution in [0.1, 0.15) is 27.7 Å². The zero-order valence-corrected chi connectivity index (χ0v) is 39.8. The van der Waals surface area contributed by atoms with Crippen molar-refractivity contribution in [2.75, 3.05) is 0 Å². The van der Waals surface area contributed by atoms with Gasteiger partial charge in [0, 0.05) is 48.3 Å². The van der Waals surface area contributed by atoms with Crippen LogP contribution >= 0.6 is 15.9 Å². The van der Waals surface area contributed by atoms with Crippen LogP contribution in [0.15, 0.2) is 220 Å². The summed E-state index contributed by atoms with van der Waals surface area (Å²) in [5, 5.41) is 11.9. The minimum absolute atomic E-state index is 0.377. The quantitative estimate of drug-likeness (QED) is 0.127. The maximum Gasteiger partial charge on any atom is 0.494 e. The van der Waals surface area contributed by atoms with Crippen LogP contribution in [0.4, 0.5) is 0 Å². The van der Waals surface area contributed by atoms with Crippen LogP contribution in [0.5, 0.6) is 0 Å². The van der Waals surface area contributed by atoms with E-state index in [-0.39, 0.29) is 11.2 Å². The lowest BCUT2D eigenvalue weighted by atomic mass is 9.78. The SMILES string of the molecule is Brc1ccc(-c2oc3c4ccccc4c4ccccc4c3c2-c2ccccc2)cc1.CC1(C)OB(c2ccc(-c3oc4c5ccccc5c5ccccc5c4c3-c3ccccc3)cc2)OC1(C)C. The fraction of sp³-hybridized carbons (Fsp3) is 0.0968. The molecule has 0 amide bonds. The van der Waals surface area contributed by atoms with Crippen LogP contribution in [-0.2, 0) is 9.31 Å². The molecule has 0 spiro atoms. The molecule has 13 rings (SSSR count). The van der Waals surface area contributed by atoms with E-state index in [1.54, 1.807) is 0 Å². The first-order chi connectivity index (χ1) is 33.1. The van der Waals surface area contributed by atoms with Gasteiger partial charge in [-0.3, -0.25) is 0 Å². The maximum absolute atomic E-state index is 6.83. The number of rotatable bonds is 5. The Hall–Kier alpha value is -7.22. The number of benzene rings is 10. The van der Waals surface area contributed by atoms with Crippen LogP contribution in [-0.4, -0.2) is 18.3 Å². The second kappa shape index (κ2) is 16.5. The van der Waals surface area contributed by atoms with E-state index in [1.165, 1.54) is 37.7 Å². The van der Waals surface area contributed by atoms with Crippen molar-refractivity contribution < 1.29 is 18.1 Å². The maximum atomic E-state index is 6.83. The van der Waals surface area contributed by atoms with Gasteiger partial charge < -0.3 is 18.1 Å². The Morgan fingerprint density at radius 1 is 0.338 bits per heavy atom. The molecule has 1 aliphatic heterocycles. The zero-order valence-electron chi connectivity index (χ0n) is 38.2. The summed E-state index contributed by atoms with van der Waals surface area (Å²) in [7, 11) is -0.397. The standard InChI is InChI=1S/C34H29BO3.C28H17BrO/c1-33(2)34(3,4)38-35(37-33)24-20-18-23(19-21-24)31-29(22-12-6-5-7-13-22)30-27-16-10-8-14-25(27)26-15-9-11-17-28(26)32(30)36-31;29-20-16-14-19(15-17-20)27-25(18-8-2-1-3-9-18)26-23-12-6-4-10-21(23)22-11-5-7-13-24(22)28(26)30-27/h5-21H,1-4H3;1-17H. The van der Waals surface area contributed by atoms with E-state index in [2.05, 4.69) is 250 Å². The van der Waals surface area contributed by atoms with Crippen molar-refractivity contribution >= 4 is 93.5 Å². The number of halogens is 1. The lowest BCUT2D eigenvalue weighted by Gasteiger charge is -2.32. The summed E-state index contributed by atoms with van der Waals surface area (Å²) in [6, 6.07) is 72.2. The third-order valence-electron chi connectivity index (χ3n) is 14.1. The van der Waals surface area contributed by atoms with E-state index < -0.39 is 7.12 Å². The molecular weight excluding hydrogens is 899 g/mol. The van der Waals surface area contributed by atoms with Gasteiger partial charge in [0.2, 0.25) is 0 Å². The second-order valence-corrected chi connectivity index (χ2v) is 19.6. The minimum atomic E-state index is -0.397. The molecule has 0 aliphatic carbocycles. The molecule has 6 heteroatoms. The third kappa shape index (κ3) is 6.97. The van der Waals surface area contributed by atoms with E-state index in [0.717, 1.165) is 82.2 Å². The predicted octanol–water partition coefficient (Wildman–Crippen LogP) is 17.2. The van der Waals surface area contributed by atoms with Crippen molar-refractivity contribution in [3.05, 3.63) is 211 Å². The van der Waals surface area contributed by atoms with E-state index >= 15 is 0 Å². The summed E-state index contributed by atoms with van der Waals surface area (Å²) in [6.07, 6.45) is 0. The molecule has 12 aromatic rings. The van der Waals surface area contributed by atoms with Crippen LogP contribution in [0.25, 0.3) is 110 Å². The Bertz CT molecular complexity index is 3840. The third-order valence-corrected chi connectivity index (χ3v) is 14.6. The van der Waals surface area contributed by atoms with Crippen molar-refractivity contribution in [3.8, 4) is 44.9 Å². The molecule has 0 bridgehead atoms. The molecule has 328 valence electrons. The highest BCUT2D eigenvalue weighted by Crippen LogP contribution is 2.49. The Balaban J connectivity index is 0.000000145. The van der Waals surface area contributed by atoms with Crippen LogP contribution in [0.2, 0.25) is 0 Å². The number of hydrogen-bond donors (Lipinski definition) is 0.